The molecule has 0 fully saturated rings. The van der Waals surface area contributed by atoms with Gasteiger partial charge in [0.25, 0.3) is 0 Å². The first kappa shape index (κ1) is 14.1. The molecule has 0 saturated carbocycles. The molecule has 5 nitrogen and oxygen atoms in total. The summed E-state index contributed by atoms with van der Waals surface area (Å²) in [6, 6.07) is 7.52. The fraction of sp³-hybridized carbons (Fsp3) is 0.308. The van der Waals surface area contributed by atoms with Crippen LogP contribution >= 0.6 is 0 Å². The van der Waals surface area contributed by atoms with Crippen LogP contribution in [0.4, 0.5) is 4.79 Å². The Morgan fingerprint density at radius 1 is 1.50 bits per heavy atom. The maximum Gasteiger partial charge on any atom is 0.407 e. The summed E-state index contributed by atoms with van der Waals surface area (Å²) in [5.74, 6) is 0.735. The van der Waals surface area contributed by atoms with E-state index in [2.05, 4.69) is 11.9 Å². The minimum atomic E-state index is -0.478. The van der Waals surface area contributed by atoms with Crippen molar-refractivity contribution in [1.29, 1.82) is 0 Å². The third kappa shape index (κ3) is 5.36. The van der Waals surface area contributed by atoms with E-state index in [9.17, 15) is 4.79 Å². The van der Waals surface area contributed by atoms with Gasteiger partial charge in [0, 0.05) is 6.54 Å². The normalized spacial score (nSPS) is 9.61. The Labute approximate surface area is 107 Å². The summed E-state index contributed by atoms with van der Waals surface area (Å²) in [5.41, 5.74) is 6.53. The fourth-order valence-electron chi connectivity index (χ4n) is 1.27. The number of carbonyl (C=O) groups excluding carboxylic acids is 1. The van der Waals surface area contributed by atoms with Gasteiger partial charge in [0.15, 0.2) is 0 Å². The first-order valence-electron chi connectivity index (χ1n) is 5.69. The van der Waals surface area contributed by atoms with E-state index in [1.165, 1.54) is 6.08 Å². The van der Waals surface area contributed by atoms with Crippen LogP contribution in [0.25, 0.3) is 0 Å². The number of nitrogens with two attached hydrogens (primary N) is 1. The van der Waals surface area contributed by atoms with Crippen molar-refractivity contribution in [3.05, 3.63) is 42.5 Å². The number of alkyl carbamates (subject to hydrolysis) is 1. The molecule has 1 aromatic carbocycles. The molecule has 0 unspecified atom stereocenters. The molecule has 0 saturated heterocycles. The van der Waals surface area contributed by atoms with Gasteiger partial charge < -0.3 is 20.5 Å². The lowest BCUT2D eigenvalue weighted by Gasteiger charge is -2.08. The van der Waals surface area contributed by atoms with Gasteiger partial charge >= 0.3 is 6.09 Å². The second kappa shape index (κ2) is 8.14. The maximum absolute atomic E-state index is 11.1. The van der Waals surface area contributed by atoms with E-state index in [4.69, 9.17) is 15.2 Å². The van der Waals surface area contributed by atoms with Crippen LogP contribution in [0.2, 0.25) is 0 Å². The number of hydrogen-bond acceptors (Lipinski definition) is 4. The lowest BCUT2D eigenvalue weighted by atomic mass is 10.2. The molecule has 0 atom stereocenters. The van der Waals surface area contributed by atoms with E-state index >= 15 is 0 Å². The van der Waals surface area contributed by atoms with E-state index in [1.54, 1.807) is 0 Å². The van der Waals surface area contributed by atoms with E-state index in [0.717, 1.165) is 11.3 Å². The summed E-state index contributed by atoms with van der Waals surface area (Å²) >= 11 is 0. The standard InChI is InChI=1S/C13H18N2O3/c1-2-7-18-13(16)15-6-8-17-12-5-3-4-11(9-12)10-14/h2-5,9H,1,6-8,10,14H2,(H,15,16). The zero-order valence-corrected chi connectivity index (χ0v) is 10.2. The smallest absolute Gasteiger partial charge is 0.407 e. The Balaban J connectivity index is 2.20. The molecule has 0 aromatic heterocycles. The molecule has 0 aliphatic carbocycles. The minimum Gasteiger partial charge on any atom is -0.492 e. The van der Waals surface area contributed by atoms with Crippen LogP contribution < -0.4 is 15.8 Å². The molecule has 0 radical (unpaired) electrons. The lowest BCUT2D eigenvalue weighted by molar-refractivity contribution is 0.156. The molecule has 0 heterocycles. The van der Waals surface area contributed by atoms with Crippen molar-refractivity contribution in [2.24, 2.45) is 5.73 Å². The van der Waals surface area contributed by atoms with E-state index in [-0.39, 0.29) is 6.61 Å². The number of benzene rings is 1. The highest BCUT2D eigenvalue weighted by molar-refractivity contribution is 5.67. The Morgan fingerprint density at radius 2 is 2.33 bits per heavy atom. The van der Waals surface area contributed by atoms with Crippen molar-refractivity contribution >= 4 is 6.09 Å². The summed E-state index contributed by atoms with van der Waals surface area (Å²) in [5, 5.41) is 2.56. The second-order valence-electron chi connectivity index (χ2n) is 3.51. The molecule has 98 valence electrons. The van der Waals surface area contributed by atoms with Crippen molar-refractivity contribution in [1.82, 2.24) is 5.32 Å². The number of amides is 1. The molecule has 5 heteroatoms. The summed E-state index contributed by atoms with van der Waals surface area (Å²) in [7, 11) is 0. The van der Waals surface area contributed by atoms with Gasteiger partial charge in [-0.3, -0.25) is 0 Å². The van der Waals surface area contributed by atoms with Crippen LogP contribution in [-0.4, -0.2) is 25.9 Å². The predicted octanol–water partition coefficient (Wildman–Crippen LogP) is 1.44. The molecule has 3 N–H and O–H groups in total. The van der Waals surface area contributed by atoms with Gasteiger partial charge in [0.2, 0.25) is 0 Å². The quantitative estimate of drug-likeness (QED) is 0.567. The van der Waals surface area contributed by atoms with Gasteiger partial charge in [-0.1, -0.05) is 24.8 Å². The summed E-state index contributed by atoms with van der Waals surface area (Å²) in [6.07, 6.45) is 1.03. The van der Waals surface area contributed by atoms with Crippen LogP contribution in [0.15, 0.2) is 36.9 Å². The number of carbonyl (C=O) groups is 1. The number of rotatable bonds is 7. The van der Waals surface area contributed by atoms with Crippen LogP contribution in [0.3, 0.4) is 0 Å². The SMILES string of the molecule is C=CCOC(=O)NCCOc1cccc(CN)c1. The van der Waals surface area contributed by atoms with Crippen molar-refractivity contribution in [2.45, 2.75) is 6.54 Å². The lowest BCUT2D eigenvalue weighted by Crippen LogP contribution is -2.28. The number of hydrogen-bond donors (Lipinski definition) is 2. The zero-order valence-electron chi connectivity index (χ0n) is 10.2. The zero-order chi connectivity index (χ0) is 13.2. The van der Waals surface area contributed by atoms with E-state index in [1.807, 2.05) is 24.3 Å². The summed E-state index contributed by atoms with van der Waals surface area (Å²) in [4.78, 5) is 11.1. The third-order valence-electron chi connectivity index (χ3n) is 2.11. The highest BCUT2D eigenvalue weighted by Crippen LogP contribution is 2.12. The maximum atomic E-state index is 11.1. The summed E-state index contributed by atoms with van der Waals surface area (Å²) in [6.45, 7) is 4.87. The van der Waals surface area contributed by atoms with Crippen molar-refractivity contribution in [3.8, 4) is 5.75 Å². The molecular formula is C13H18N2O3. The number of nitrogens with one attached hydrogen (secondary N) is 1. The van der Waals surface area contributed by atoms with Gasteiger partial charge in [0.05, 0.1) is 6.54 Å². The Bertz CT molecular complexity index is 394. The summed E-state index contributed by atoms with van der Waals surface area (Å²) < 4.78 is 10.2. The van der Waals surface area contributed by atoms with Gasteiger partial charge in [-0.15, -0.1) is 0 Å². The van der Waals surface area contributed by atoms with Gasteiger partial charge in [0.1, 0.15) is 19.0 Å². The van der Waals surface area contributed by atoms with Crippen LogP contribution in [-0.2, 0) is 11.3 Å². The van der Waals surface area contributed by atoms with Gasteiger partial charge in [-0.2, -0.15) is 0 Å². The molecule has 1 aromatic rings. The van der Waals surface area contributed by atoms with Gasteiger partial charge in [-0.05, 0) is 17.7 Å². The molecule has 1 rings (SSSR count). The molecule has 18 heavy (non-hydrogen) atoms. The fourth-order valence-corrected chi connectivity index (χ4v) is 1.27. The van der Waals surface area contributed by atoms with Crippen LogP contribution in [0.5, 0.6) is 5.75 Å². The Morgan fingerprint density at radius 3 is 3.06 bits per heavy atom. The second-order valence-corrected chi connectivity index (χ2v) is 3.51. The minimum absolute atomic E-state index is 0.200. The molecule has 0 spiro atoms. The molecule has 0 aliphatic heterocycles. The van der Waals surface area contributed by atoms with Crippen LogP contribution in [0.1, 0.15) is 5.56 Å². The first-order chi connectivity index (χ1) is 8.76. The van der Waals surface area contributed by atoms with E-state index in [0.29, 0.717) is 19.7 Å². The average Bonchev–Trinajstić information content (AvgIpc) is 2.41. The molecule has 0 aliphatic rings. The molecule has 1 amide bonds. The van der Waals surface area contributed by atoms with Crippen molar-refractivity contribution < 1.29 is 14.3 Å². The Hall–Kier alpha value is -2.01. The Kier molecular flexibility index (Phi) is 6.35. The van der Waals surface area contributed by atoms with Crippen LogP contribution in [0, 0.1) is 0 Å². The third-order valence-corrected chi connectivity index (χ3v) is 2.11. The van der Waals surface area contributed by atoms with Crippen molar-refractivity contribution in [2.75, 3.05) is 19.8 Å². The van der Waals surface area contributed by atoms with Gasteiger partial charge in [-0.25, -0.2) is 4.79 Å². The highest BCUT2D eigenvalue weighted by Gasteiger charge is 2.00. The first-order valence-corrected chi connectivity index (χ1v) is 5.69. The largest absolute Gasteiger partial charge is 0.492 e. The molecule has 0 bridgehead atoms. The topological polar surface area (TPSA) is 73.6 Å². The number of ether oxygens (including phenoxy) is 2. The molecular weight excluding hydrogens is 232 g/mol. The average molecular weight is 250 g/mol. The monoisotopic (exact) mass is 250 g/mol. The highest BCUT2D eigenvalue weighted by atomic mass is 16.5. The van der Waals surface area contributed by atoms with Crippen molar-refractivity contribution in [3.63, 3.8) is 0 Å². The van der Waals surface area contributed by atoms with E-state index < -0.39 is 6.09 Å². The predicted molar refractivity (Wildman–Crippen MR) is 69.4 cm³/mol.